The molecule has 2 aliphatic rings. The van der Waals surface area contributed by atoms with E-state index in [4.69, 9.17) is 24.7 Å². The number of anilines is 1. The van der Waals surface area contributed by atoms with Crippen LogP contribution in [0, 0.1) is 0 Å². The van der Waals surface area contributed by atoms with Crippen LogP contribution in [-0.4, -0.2) is 31.3 Å². The minimum Gasteiger partial charge on any atom is -0.493 e. The lowest BCUT2D eigenvalue weighted by atomic mass is 9.94. The van der Waals surface area contributed by atoms with Gasteiger partial charge in [-0.15, -0.1) is 0 Å². The molecule has 158 valence electrons. The summed E-state index contributed by atoms with van der Waals surface area (Å²) >= 11 is 0. The van der Waals surface area contributed by atoms with Gasteiger partial charge in [0.25, 0.3) is 17.6 Å². The van der Waals surface area contributed by atoms with E-state index in [-0.39, 0.29) is 12.5 Å². The molecular weight excluding hydrogens is 388 g/mol. The SMILES string of the molecule is COc1cc(C(=O)Nc2ccc3c(c2)OC2(CCCCC2)O3)ccc1OCC(N)=O. The number of primary amides is 1. The standard InChI is InChI=1S/C22H24N2O6/c1-27-18-11-14(5-7-16(18)28-13-20(23)25)21(26)24-15-6-8-17-19(12-15)30-22(29-17)9-3-2-4-10-22/h5-8,11-12H,2-4,9-10,13H2,1H3,(H2,23,25)(H,24,26). The minimum atomic E-state index is -0.600. The first-order valence-electron chi connectivity index (χ1n) is 9.91. The second-order valence-corrected chi connectivity index (χ2v) is 7.41. The zero-order valence-electron chi connectivity index (χ0n) is 16.7. The maximum Gasteiger partial charge on any atom is 0.255 e. The number of benzene rings is 2. The van der Waals surface area contributed by atoms with Crippen LogP contribution in [0.1, 0.15) is 42.5 Å². The number of rotatable bonds is 6. The van der Waals surface area contributed by atoms with E-state index in [2.05, 4.69) is 5.32 Å². The Kier molecular flexibility index (Phi) is 5.39. The average molecular weight is 412 g/mol. The molecular formula is C22H24N2O6. The van der Waals surface area contributed by atoms with E-state index in [1.807, 2.05) is 6.07 Å². The molecule has 8 heteroatoms. The molecule has 0 radical (unpaired) electrons. The van der Waals surface area contributed by atoms with Gasteiger partial charge in [-0.3, -0.25) is 9.59 Å². The van der Waals surface area contributed by atoms with E-state index in [0.29, 0.717) is 34.2 Å². The first-order chi connectivity index (χ1) is 14.5. The Labute approximate surface area is 174 Å². The summed E-state index contributed by atoms with van der Waals surface area (Å²) in [5.41, 5.74) is 6.07. The molecule has 0 bridgehead atoms. The lowest BCUT2D eigenvalue weighted by Gasteiger charge is -2.31. The normalized spacial score (nSPS) is 16.2. The predicted octanol–water partition coefficient (Wildman–Crippen LogP) is 3.24. The van der Waals surface area contributed by atoms with Crippen molar-refractivity contribution < 1.29 is 28.5 Å². The summed E-state index contributed by atoms with van der Waals surface area (Å²) in [7, 11) is 1.45. The third-order valence-electron chi connectivity index (χ3n) is 5.20. The van der Waals surface area contributed by atoms with Crippen LogP contribution in [0.5, 0.6) is 23.0 Å². The van der Waals surface area contributed by atoms with Crippen molar-refractivity contribution in [1.82, 2.24) is 0 Å². The summed E-state index contributed by atoms with van der Waals surface area (Å²) in [5, 5.41) is 2.86. The maximum atomic E-state index is 12.7. The molecule has 1 fully saturated rings. The molecule has 0 saturated heterocycles. The number of hydrogen-bond donors (Lipinski definition) is 2. The van der Waals surface area contributed by atoms with Crippen molar-refractivity contribution in [2.45, 2.75) is 37.9 Å². The largest absolute Gasteiger partial charge is 0.493 e. The molecule has 30 heavy (non-hydrogen) atoms. The Hall–Kier alpha value is -3.42. The Balaban J connectivity index is 1.46. The van der Waals surface area contributed by atoms with Crippen molar-refractivity contribution in [3.8, 4) is 23.0 Å². The number of hydrogen-bond acceptors (Lipinski definition) is 6. The zero-order chi connectivity index (χ0) is 21.1. The molecule has 2 aromatic carbocycles. The second kappa shape index (κ2) is 8.14. The Morgan fingerprint density at radius 1 is 1.03 bits per heavy atom. The van der Waals surface area contributed by atoms with Crippen molar-refractivity contribution in [1.29, 1.82) is 0 Å². The quantitative estimate of drug-likeness (QED) is 0.754. The van der Waals surface area contributed by atoms with E-state index in [9.17, 15) is 9.59 Å². The molecule has 2 amide bonds. The number of carbonyl (C=O) groups is 2. The molecule has 8 nitrogen and oxygen atoms in total. The van der Waals surface area contributed by atoms with Crippen molar-refractivity contribution in [2.24, 2.45) is 5.73 Å². The molecule has 2 aromatic rings. The van der Waals surface area contributed by atoms with E-state index >= 15 is 0 Å². The summed E-state index contributed by atoms with van der Waals surface area (Å²) in [6.07, 6.45) is 5.10. The van der Waals surface area contributed by atoms with Crippen molar-refractivity contribution >= 4 is 17.5 Å². The van der Waals surface area contributed by atoms with Crippen LogP contribution in [0.25, 0.3) is 0 Å². The fourth-order valence-corrected chi connectivity index (χ4v) is 3.75. The molecule has 1 saturated carbocycles. The number of fused-ring (bicyclic) bond motifs is 1. The van der Waals surface area contributed by atoms with Crippen LogP contribution in [-0.2, 0) is 4.79 Å². The molecule has 3 N–H and O–H groups in total. The summed E-state index contributed by atoms with van der Waals surface area (Å²) in [6, 6.07) is 10.0. The number of methoxy groups -OCH3 is 1. The second-order valence-electron chi connectivity index (χ2n) is 7.41. The van der Waals surface area contributed by atoms with Crippen LogP contribution >= 0.6 is 0 Å². The third kappa shape index (κ3) is 4.12. The van der Waals surface area contributed by atoms with Gasteiger partial charge in [-0.25, -0.2) is 0 Å². The Bertz CT molecular complexity index is 968. The van der Waals surface area contributed by atoms with Crippen molar-refractivity contribution in [3.05, 3.63) is 42.0 Å². The third-order valence-corrected chi connectivity index (χ3v) is 5.20. The maximum absolute atomic E-state index is 12.7. The summed E-state index contributed by atoms with van der Waals surface area (Å²) in [5.74, 6) is 0.521. The molecule has 4 rings (SSSR count). The van der Waals surface area contributed by atoms with Gasteiger partial charge in [-0.1, -0.05) is 6.42 Å². The first kappa shape index (κ1) is 19.9. The molecule has 1 aliphatic heterocycles. The van der Waals surface area contributed by atoms with Crippen LogP contribution in [0.3, 0.4) is 0 Å². The van der Waals surface area contributed by atoms with Gasteiger partial charge in [0.2, 0.25) is 0 Å². The van der Waals surface area contributed by atoms with Gasteiger partial charge in [0, 0.05) is 30.2 Å². The van der Waals surface area contributed by atoms with Crippen molar-refractivity contribution in [3.63, 3.8) is 0 Å². The smallest absolute Gasteiger partial charge is 0.255 e. The molecule has 0 atom stereocenters. The molecule has 0 aromatic heterocycles. The molecule has 1 heterocycles. The summed E-state index contributed by atoms with van der Waals surface area (Å²) < 4.78 is 22.7. The lowest BCUT2D eigenvalue weighted by molar-refractivity contribution is -0.120. The van der Waals surface area contributed by atoms with Crippen LogP contribution in [0.4, 0.5) is 5.69 Å². The Morgan fingerprint density at radius 2 is 1.80 bits per heavy atom. The highest BCUT2D eigenvalue weighted by Gasteiger charge is 2.42. The van der Waals surface area contributed by atoms with Crippen molar-refractivity contribution in [2.75, 3.05) is 19.0 Å². The minimum absolute atomic E-state index is 0.277. The van der Waals surface area contributed by atoms with Gasteiger partial charge in [0.1, 0.15) is 0 Å². The molecule has 0 unspecified atom stereocenters. The highest BCUT2D eigenvalue weighted by atomic mass is 16.7. The summed E-state index contributed by atoms with van der Waals surface area (Å²) in [4.78, 5) is 23.6. The van der Waals surface area contributed by atoms with Crippen LogP contribution in [0.2, 0.25) is 0 Å². The highest BCUT2D eigenvalue weighted by Crippen LogP contribution is 2.46. The summed E-state index contributed by atoms with van der Waals surface area (Å²) in [6.45, 7) is -0.277. The van der Waals surface area contributed by atoms with Gasteiger partial charge in [0.15, 0.2) is 29.6 Å². The van der Waals surface area contributed by atoms with Crippen LogP contribution in [0.15, 0.2) is 36.4 Å². The van der Waals surface area contributed by atoms with E-state index in [1.54, 1.807) is 24.3 Å². The Morgan fingerprint density at radius 3 is 2.53 bits per heavy atom. The van der Waals surface area contributed by atoms with Gasteiger partial charge >= 0.3 is 0 Å². The predicted molar refractivity (Wildman–Crippen MR) is 109 cm³/mol. The fraction of sp³-hybridized carbons (Fsp3) is 0.364. The monoisotopic (exact) mass is 412 g/mol. The number of nitrogens with one attached hydrogen (secondary N) is 1. The highest BCUT2D eigenvalue weighted by molar-refractivity contribution is 6.04. The molecule has 1 aliphatic carbocycles. The van der Waals surface area contributed by atoms with Gasteiger partial charge in [-0.05, 0) is 43.2 Å². The van der Waals surface area contributed by atoms with Crippen LogP contribution < -0.4 is 30.0 Å². The van der Waals surface area contributed by atoms with Gasteiger partial charge in [0.05, 0.1) is 7.11 Å². The van der Waals surface area contributed by atoms with E-state index in [0.717, 1.165) is 25.7 Å². The van der Waals surface area contributed by atoms with Gasteiger partial charge < -0.3 is 30.0 Å². The average Bonchev–Trinajstić information content (AvgIpc) is 3.08. The van der Waals surface area contributed by atoms with E-state index < -0.39 is 11.7 Å². The molecule has 1 spiro atoms. The zero-order valence-corrected chi connectivity index (χ0v) is 16.7. The van der Waals surface area contributed by atoms with Gasteiger partial charge in [-0.2, -0.15) is 0 Å². The number of carbonyl (C=O) groups excluding carboxylic acids is 2. The fourth-order valence-electron chi connectivity index (χ4n) is 3.75. The number of nitrogens with two attached hydrogens (primary N) is 1. The topological polar surface area (TPSA) is 109 Å². The van der Waals surface area contributed by atoms with E-state index in [1.165, 1.54) is 19.6 Å². The lowest BCUT2D eigenvalue weighted by Crippen LogP contribution is -2.40. The number of ether oxygens (including phenoxy) is 4. The first-order valence-corrected chi connectivity index (χ1v) is 9.91. The number of amides is 2.